The second-order valence-electron chi connectivity index (χ2n) is 2.43. The maximum atomic E-state index is 5.83. The Morgan fingerprint density at radius 1 is 1.20 bits per heavy atom. The molecule has 76 valence electrons. The first-order valence-electron chi connectivity index (χ1n) is 3.87. The van der Waals surface area contributed by atoms with E-state index >= 15 is 0 Å². The van der Waals surface area contributed by atoms with E-state index in [9.17, 15) is 0 Å². The van der Waals surface area contributed by atoms with E-state index in [1.807, 2.05) is 0 Å². The molecule has 2 rings (SSSR count). The van der Waals surface area contributed by atoms with Crippen LogP contribution in [0.5, 0.6) is 0 Å². The molecule has 0 radical (unpaired) electrons. The number of rotatable bonds is 2. The van der Waals surface area contributed by atoms with Crippen LogP contribution in [0.4, 0.5) is 0 Å². The van der Waals surface area contributed by atoms with Crippen LogP contribution in [0.25, 0.3) is 0 Å². The van der Waals surface area contributed by atoms with Gasteiger partial charge >= 0.3 is 0 Å². The fourth-order valence-corrected chi connectivity index (χ4v) is 2.19. The predicted molar refractivity (Wildman–Crippen MR) is 60.9 cm³/mol. The lowest BCUT2D eigenvalue weighted by Gasteiger charge is -2.01. The van der Waals surface area contributed by atoms with Crippen LogP contribution in [-0.2, 0) is 0 Å². The molecule has 0 saturated carbocycles. The molecule has 2 heterocycles. The molecule has 4 nitrogen and oxygen atoms in total. The van der Waals surface area contributed by atoms with Gasteiger partial charge in [-0.1, -0.05) is 11.6 Å². The standard InChI is InChI=1S/C8H4BrClN4S/c9-6-7(10)13-4-14-8(6)15-5-3-11-1-2-12-5/h1-4H. The summed E-state index contributed by atoms with van der Waals surface area (Å²) in [6.07, 6.45) is 6.31. The molecule has 0 aliphatic rings. The van der Waals surface area contributed by atoms with Crippen LogP contribution in [0.2, 0.25) is 5.15 Å². The molecule has 0 fully saturated rings. The smallest absolute Gasteiger partial charge is 0.147 e. The fourth-order valence-electron chi connectivity index (χ4n) is 0.842. The van der Waals surface area contributed by atoms with Crippen molar-refractivity contribution in [1.29, 1.82) is 0 Å². The first kappa shape index (κ1) is 10.8. The first-order chi connectivity index (χ1) is 7.27. The maximum absolute atomic E-state index is 5.83. The van der Waals surface area contributed by atoms with Gasteiger partial charge in [-0.2, -0.15) is 0 Å². The molecule has 0 N–H and O–H groups in total. The molecule has 0 bridgehead atoms. The van der Waals surface area contributed by atoms with Crippen molar-refractivity contribution in [2.75, 3.05) is 0 Å². The van der Waals surface area contributed by atoms with Crippen molar-refractivity contribution in [2.45, 2.75) is 10.1 Å². The molecule has 0 spiro atoms. The molecule has 2 aromatic rings. The summed E-state index contributed by atoms with van der Waals surface area (Å²) in [5.74, 6) is 0. The van der Waals surface area contributed by atoms with Gasteiger partial charge in [-0.25, -0.2) is 15.0 Å². The Morgan fingerprint density at radius 3 is 2.80 bits per heavy atom. The number of hydrogen-bond acceptors (Lipinski definition) is 5. The molecule has 2 aromatic heterocycles. The van der Waals surface area contributed by atoms with Crippen molar-refractivity contribution in [3.63, 3.8) is 0 Å². The molecule has 0 saturated heterocycles. The second-order valence-corrected chi connectivity index (χ2v) is 4.59. The van der Waals surface area contributed by atoms with Crippen LogP contribution in [0.15, 0.2) is 39.4 Å². The van der Waals surface area contributed by atoms with Crippen molar-refractivity contribution in [1.82, 2.24) is 19.9 Å². The lowest BCUT2D eigenvalue weighted by Crippen LogP contribution is -1.87. The number of halogens is 2. The Labute approximate surface area is 104 Å². The highest BCUT2D eigenvalue weighted by Crippen LogP contribution is 2.32. The maximum Gasteiger partial charge on any atom is 0.147 e. The minimum Gasteiger partial charge on any atom is -0.260 e. The van der Waals surface area contributed by atoms with E-state index in [1.165, 1.54) is 18.1 Å². The van der Waals surface area contributed by atoms with Gasteiger partial charge in [-0.3, -0.25) is 4.98 Å². The van der Waals surface area contributed by atoms with E-state index in [1.54, 1.807) is 18.6 Å². The fraction of sp³-hybridized carbons (Fsp3) is 0. The Morgan fingerprint density at radius 2 is 2.07 bits per heavy atom. The van der Waals surface area contributed by atoms with Gasteiger partial charge in [0.15, 0.2) is 0 Å². The van der Waals surface area contributed by atoms with Crippen LogP contribution in [0.1, 0.15) is 0 Å². The number of aromatic nitrogens is 4. The Hall–Kier alpha value is -0.720. The van der Waals surface area contributed by atoms with Crippen molar-refractivity contribution in [2.24, 2.45) is 0 Å². The first-order valence-corrected chi connectivity index (χ1v) is 5.86. The van der Waals surface area contributed by atoms with Crippen molar-refractivity contribution in [3.8, 4) is 0 Å². The highest BCUT2D eigenvalue weighted by atomic mass is 79.9. The average molecular weight is 304 g/mol. The third kappa shape index (κ3) is 2.64. The minimum absolute atomic E-state index is 0.386. The van der Waals surface area contributed by atoms with Gasteiger partial charge in [0, 0.05) is 12.4 Å². The monoisotopic (exact) mass is 302 g/mol. The van der Waals surface area contributed by atoms with E-state index in [0.29, 0.717) is 9.63 Å². The molecule has 0 atom stereocenters. The van der Waals surface area contributed by atoms with E-state index < -0.39 is 0 Å². The normalized spacial score (nSPS) is 10.3. The zero-order valence-electron chi connectivity index (χ0n) is 7.26. The molecule has 15 heavy (non-hydrogen) atoms. The molecular weight excluding hydrogens is 300 g/mol. The van der Waals surface area contributed by atoms with Crippen LogP contribution in [0.3, 0.4) is 0 Å². The van der Waals surface area contributed by atoms with Gasteiger partial charge in [-0.15, -0.1) is 0 Å². The lowest BCUT2D eigenvalue weighted by molar-refractivity contribution is 1.01. The molecular formula is C8H4BrClN4S. The van der Waals surface area contributed by atoms with Crippen LogP contribution < -0.4 is 0 Å². The summed E-state index contributed by atoms with van der Waals surface area (Å²) < 4.78 is 0.669. The van der Waals surface area contributed by atoms with Crippen LogP contribution >= 0.6 is 39.3 Å². The van der Waals surface area contributed by atoms with Gasteiger partial charge in [-0.05, 0) is 27.7 Å². The number of nitrogens with zero attached hydrogens (tertiary/aromatic N) is 4. The van der Waals surface area contributed by atoms with Gasteiger partial charge < -0.3 is 0 Å². The molecule has 0 aromatic carbocycles. The van der Waals surface area contributed by atoms with E-state index in [0.717, 1.165) is 10.1 Å². The highest BCUT2D eigenvalue weighted by Gasteiger charge is 2.08. The highest BCUT2D eigenvalue weighted by molar-refractivity contribution is 9.10. The summed E-state index contributed by atoms with van der Waals surface area (Å²) in [5, 5.41) is 1.86. The van der Waals surface area contributed by atoms with Gasteiger partial charge in [0.25, 0.3) is 0 Å². The van der Waals surface area contributed by atoms with Gasteiger partial charge in [0.1, 0.15) is 21.5 Å². The Kier molecular flexibility index (Phi) is 3.50. The van der Waals surface area contributed by atoms with Gasteiger partial charge in [0.2, 0.25) is 0 Å². The Bertz CT molecular complexity index is 467. The summed E-state index contributed by atoms with van der Waals surface area (Å²) in [5.41, 5.74) is 0. The van der Waals surface area contributed by atoms with Crippen LogP contribution in [-0.4, -0.2) is 19.9 Å². The summed E-state index contributed by atoms with van der Waals surface area (Å²) in [4.78, 5) is 16.0. The lowest BCUT2D eigenvalue weighted by atomic mass is 10.7. The largest absolute Gasteiger partial charge is 0.260 e. The summed E-state index contributed by atoms with van der Waals surface area (Å²) in [6.45, 7) is 0. The summed E-state index contributed by atoms with van der Waals surface area (Å²) >= 11 is 10.5. The van der Waals surface area contributed by atoms with Gasteiger partial charge in [0.05, 0.1) is 10.7 Å². The van der Waals surface area contributed by atoms with Crippen molar-refractivity contribution in [3.05, 3.63) is 34.5 Å². The van der Waals surface area contributed by atoms with Crippen molar-refractivity contribution >= 4 is 39.3 Å². The third-order valence-electron chi connectivity index (χ3n) is 1.46. The Balaban J connectivity index is 2.29. The van der Waals surface area contributed by atoms with Crippen molar-refractivity contribution < 1.29 is 0 Å². The topological polar surface area (TPSA) is 51.6 Å². The van der Waals surface area contributed by atoms with E-state index in [4.69, 9.17) is 11.6 Å². The quantitative estimate of drug-likeness (QED) is 0.799. The average Bonchev–Trinajstić information content (AvgIpc) is 2.26. The zero-order chi connectivity index (χ0) is 10.7. The van der Waals surface area contributed by atoms with Crippen LogP contribution in [0, 0.1) is 0 Å². The summed E-state index contributed by atoms with van der Waals surface area (Å²) in [7, 11) is 0. The zero-order valence-corrected chi connectivity index (χ0v) is 10.4. The molecule has 0 aliphatic carbocycles. The molecule has 0 aliphatic heterocycles. The minimum atomic E-state index is 0.386. The number of hydrogen-bond donors (Lipinski definition) is 0. The SMILES string of the molecule is Clc1ncnc(Sc2cnccn2)c1Br. The predicted octanol–water partition coefficient (Wildman–Crippen LogP) is 2.83. The molecule has 0 unspecified atom stereocenters. The molecule has 0 amide bonds. The second kappa shape index (κ2) is 4.87. The summed E-state index contributed by atoms with van der Waals surface area (Å²) in [6, 6.07) is 0. The van der Waals surface area contributed by atoms with E-state index in [-0.39, 0.29) is 0 Å². The molecule has 7 heteroatoms. The van der Waals surface area contributed by atoms with E-state index in [2.05, 4.69) is 35.9 Å². The third-order valence-corrected chi connectivity index (χ3v) is 3.91.